The van der Waals surface area contributed by atoms with E-state index in [2.05, 4.69) is 32.2 Å². The van der Waals surface area contributed by atoms with Gasteiger partial charge >= 0.3 is 0 Å². The van der Waals surface area contributed by atoms with Gasteiger partial charge in [-0.15, -0.1) is 5.10 Å². The minimum absolute atomic E-state index is 0.284. The van der Waals surface area contributed by atoms with E-state index in [-0.39, 0.29) is 5.82 Å². The zero-order valence-electron chi connectivity index (χ0n) is 10.8. The summed E-state index contributed by atoms with van der Waals surface area (Å²) in [6.07, 6.45) is 3.26. The van der Waals surface area contributed by atoms with Crippen molar-refractivity contribution in [2.45, 2.75) is 0 Å². The van der Waals surface area contributed by atoms with Crippen LogP contribution >= 0.6 is 0 Å². The number of hydrogen-bond donors (Lipinski definition) is 2. The third-order valence-corrected chi connectivity index (χ3v) is 2.57. The van der Waals surface area contributed by atoms with E-state index in [1.165, 1.54) is 0 Å². The lowest BCUT2D eigenvalue weighted by atomic mass is 10.4. The van der Waals surface area contributed by atoms with Gasteiger partial charge in [0.05, 0.1) is 19.0 Å². The van der Waals surface area contributed by atoms with Crippen LogP contribution < -0.4 is 11.1 Å². The molecule has 0 unspecified atom stereocenters. The number of nitrogen functional groups attached to an aromatic ring is 1. The minimum Gasteiger partial charge on any atom is -0.461 e. The summed E-state index contributed by atoms with van der Waals surface area (Å²) in [5.74, 6) is 7.15. The van der Waals surface area contributed by atoms with Gasteiger partial charge in [0.25, 0.3) is 0 Å². The van der Waals surface area contributed by atoms with Crippen molar-refractivity contribution in [1.82, 2.24) is 24.9 Å². The second-order valence-electron chi connectivity index (χ2n) is 4.02. The molecule has 0 aliphatic carbocycles. The van der Waals surface area contributed by atoms with Crippen molar-refractivity contribution in [3.05, 3.63) is 30.3 Å². The number of anilines is 1. The van der Waals surface area contributed by atoms with Gasteiger partial charge in [-0.1, -0.05) is 5.92 Å². The molecule has 100 valence electrons. The Labute approximate surface area is 114 Å². The van der Waals surface area contributed by atoms with Crippen LogP contribution in [0.4, 0.5) is 5.82 Å². The molecule has 3 heterocycles. The zero-order chi connectivity index (χ0) is 13.9. The van der Waals surface area contributed by atoms with E-state index < -0.39 is 0 Å². The number of nitrogens with two attached hydrogens (primary N) is 1. The zero-order valence-corrected chi connectivity index (χ0v) is 10.8. The maximum absolute atomic E-state index is 5.88. The van der Waals surface area contributed by atoms with Gasteiger partial charge in [0.15, 0.2) is 17.2 Å². The summed E-state index contributed by atoms with van der Waals surface area (Å²) in [6, 6.07) is 3.56. The number of nitrogens with zero attached hydrogens (tertiary/aromatic N) is 4. The molecule has 0 saturated carbocycles. The van der Waals surface area contributed by atoms with Crippen molar-refractivity contribution in [1.29, 1.82) is 0 Å². The smallest absolute Gasteiger partial charge is 0.218 e. The Bertz CT molecular complexity index is 793. The van der Waals surface area contributed by atoms with Gasteiger partial charge in [-0.2, -0.15) is 0 Å². The molecule has 3 N–H and O–H groups in total. The van der Waals surface area contributed by atoms with Crippen LogP contribution in [0.2, 0.25) is 0 Å². The van der Waals surface area contributed by atoms with Crippen molar-refractivity contribution in [3.63, 3.8) is 0 Å². The number of rotatable bonds is 2. The fraction of sp³-hybridized carbons (Fsp3) is 0.154. The Morgan fingerprint density at radius 3 is 3.10 bits per heavy atom. The predicted octanol–water partition coefficient (Wildman–Crippen LogP) is 0.537. The van der Waals surface area contributed by atoms with Gasteiger partial charge in [0.1, 0.15) is 5.69 Å². The molecule has 0 aliphatic rings. The van der Waals surface area contributed by atoms with Crippen LogP contribution in [-0.2, 0) is 0 Å². The van der Waals surface area contributed by atoms with Gasteiger partial charge in [-0.05, 0) is 25.1 Å². The van der Waals surface area contributed by atoms with Crippen molar-refractivity contribution in [2.75, 3.05) is 19.3 Å². The first-order valence-corrected chi connectivity index (χ1v) is 5.98. The Hall–Kier alpha value is -2.85. The van der Waals surface area contributed by atoms with Crippen LogP contribution in [0.3, 0.4) is 0 Å². The topological polar surface area (TPSA) is 94.3 Å². The fourth-order valence-electron chi connectivity index (χ4n) is 1.71. The predicted molar refractivity (Wildman–Crippen MR) is 73.7 cm³/mol. The average molecular weight is 268 g/mol. The van der Waals surface area contributed by atoms with Crippen molar-refractivity contribution >= 4 is 11.5 Å². The number of aromatic nitrogens is 4. The van der Waals surface area contributed by atoms with Crippen LogP contribution in [0.1, 0.15) is 5.69 Å². The summed E-state index contributed by atoms with van der Waals surface area (Å²) in [5, 5.41) is 7.25. The Morgan fingerprint density at radius 1 is 1.45 bits per heavy atom. The Morgan fingerprint density at radius 2 is 2.35 bits per heavy atom. The molecule has 0 saturated heterocycles. The summed E-state index contributed by atoms with van der Waals surface area (Å²) >= 11 is 0. The summed E-state index contributed by atoms with van der Waals surface area (Å²) in [6.45, 7) is 0.578. The second-order valence-corrected chi connectivity index (χ2v) is 4.02. The molecule has 3 aromatic heterocycles. The van der Waals surface area contributed by atoms with Crippen LogP contribution in [0.15, 0.2) is 29.0 Å². The van der Waals surface area contributed by atoms with E-state index in [1.54, 1.807) is 29.1 Å². The van der Waals surface area contributed by atoms with Gasteiger partial charge in [0.2, 0.25) is 5.82 Å². The van der Waals surface area contributed by atoms with Gasteiger partial charge in [-0.3, -0.25) is 0 Å². The summed E-state index contributed by atoms with van der Waals surface area (Å²) in [4.78, 5) is 8.49. The molecule has 0 aromatic carbocycles. The molecular formula is C13H12N6O. The molecule has 0 spiro atoms. The standard InChI is InChI=1S/C13H12N6O/c1-15-6-2-4-9-8-19-13(11(14)16-9)17-12(18-19)10-5-3-7-20-10/h3,5,7-8,15H,6H2,1H3,(H2,14,16). The molecule has 0 bridgehead atoms. The quantitative estimate of drug-likeness (QED) is 0.659. The molecule has 0 fully saturated rings. The first kappa shape index (κ1) is 12.2. The monoisotopic (exact) mass is 268 g/mol. The summed E-state index contributed by atoms with van der Waals surface area (Å²) < 4.78 is 6.82. The van der Waals surface area contributed by atoms with Crippen molar-refractivity contribution in [3.8, 4) is 23.4 Å². The Balaban J connectivity index is 2.06. The van der Waals surface area contributed by atoms with E-state index in [1.807, 2.05) is 7.05 Å². The highest BCUT2D eigenvalue weighted by molar-refractivity contribution is 5.63. The van der Waals surface area contributed by atoms with Crippen LogP contribution in [0.5, 0.6) is 0 Å². The molecule has 0 atom stereocenters. The molecule has 0 radical (unpaired) electrons. The molecule has 0 aliphatic heterocycles. The third kappa shape index (κ3) is 2.20. The highest BCUT2D eigenvalue weighted by Gasteiger charge is 2.12. The largest absolute Gasteiger partial charge is 0.461 e. The fourth-order valence-corrected chi connectivity index (χ4v) is 1.71. The Kier molecular flexibility index (Phi) is 3.07. The number of hydrogen-bond acceptors (Lipinski definition) is 6. The van der Waals surface area contributed by atoms with Crippen molar-refractivity contribution in [2.24, 2.45) is 0 Å². The molecule has 7 nitrogen and oxygen atoms in total. The first-order valence-electron chi connectivity index (χ1n) is 5.98. The number of nitrogens with one attached hydrogen (secondary N) is 1. The van der Waals surface area contributed by atoms with Gasteiger partial charge < -0.3 is 15.5 Å². The normalized spacial score (nSPS) is 10.4. The van der Waals surface area contributed by atoms with Gasteiger partial charge in [-0.25, -0.2) is 14.5 Å². The lowest BCUT2D eigenvalue weighted by Crippen LogP contribution is -2.05. The first-order chi connectivity index (χ1) is 9.78. The van der Waals surface area contributed by atoms with E-state index in [0.717, 1.165) is 0 Å². The highest BCUT2D eigenvalue weighted by Crippen LogP contribution is 2.18. The molecule has 0 amide bonds. The van der Waals surface area contributed by atoms with Crippen LogP contribution in [0, 0.1) is 11.8 Å². The lowest BCUT2D eigenvalue weighted by molar-refractivity contribution is 0.577. The van der Waals surface area contributed by atoms with E-state index >= 15 is 0 Å². The van der Waals surface area contributed by atoms with Crippen LogP contribution in [-0.4, -0.2) is 33.2 Å². The average Bonchev–Trinajstić information content (AvgIpc) is 3.07. The van der Waals surface area contributed by atoms with E-state index in [0.29, 0.717) is 29.5 Å². The maximum atomic E-state index is 5.88. The molecule has 3 rings (SSSR count). The highest BCUT2D eigenvalue weighted by atomic mass is 16.3. The number of furan rings is 1. The minimum atomic E-state index is 0.284. The molecular weight excluding hydrogens is 256 g/mol. The van der Waals surface area contributed by atoms with Crippen molar-refractivity contribution < 1.29 is 4.42 Å². The summed E-state index contributed by atoms with van der Waals surface area (Å²) in [7, 11) is 1.83. The summed E-state index contributed by atoms with van der Waals surface area (Å²) in [5.41, 5.74) is 6.90. The number of fused-ring (bicyclic) bond motifs is 1. The van der Waals surface area contributed by atoms with E-state index in [9.17, 15) is 0 Å². The van der Waals surface area contributed by atoms with Gasteiger partial charge in [0, 0.05) is 0 Å². The van der Waals surface area contributed by atoms with E-state index in [4.69, 9.17) is 10.2 Å². The lowest BCUT2D eigenvalue weighted by Gasteiger charge is -1.96. The SMILES string of the molecule is CNCC#Cc1cn2nc(-c3ccco3)nc2c(N)n1. The maximum Gasteiger partial charge on any atom is 0.218 e. The van der Waals surface area contributed by atoms with Crippen LogP contribution in [0.25, 0.3) is 17.2 Å². The third-order valence-electron chi connectivity index (χ3n) is 2.57. The molecule has 3 aromatic rings. The molecule has 20 heavy (non-hydrogen) atoms. The molecule has 7 heteroatoms. The second kappa shape index (κ2) is 5.03.